The van der Waals surface area contributed by atoms with E-state index in [1.54, 1.807) is 30.3 Å². The third-order valence-corrected chi connectivity index (χ3v) is 6.81. The molecule has 0 spiro atoms. The number of hydrogen-bond acceptors (Lipinski definition) is 6. The summed E-state index contributed by atoms with van der Waals surface area (Å²) in [6.07, 6.45) is 3.91. The molecular formula is C25H29ClFN5O2. The van der Waals surface area contributed by atoms with Crippen LogP contribution in [0.1, 0.15) is 53.2 Å². The Balaban J connectivity index is 1.51. The molecular weight excluding hydrogens is 457 g/mol. The van der Waals surface area contributed by atoms with Gasteiger partial charge in [-0.3, -0.25) is 14.8 Å². The largest absolute Gasteiger partial charge is 0.394 e. The van der Waals surface area contributed by atoms with E-state index in [0.29, 0.717) is 34.3 Å². The lowest BCUT2D eigenvalue weighted by molar-refractivity contribution is 0.0912. The highest BCUT2D eigenvalue weighted by molar-refractivity contribution is 6.47. The van der Waals surface area contributed by atoms with Crippen LogP contribution in [0.2, 0.25) is 5.02 Å². The topological polar surface area (TPSA) is 126 Å². The monoisotopic (exact) mass is 485 g/mol. The van der Waals surface area contributed by atoms with E-state index in [-0.39, 0.29) is 30.1 Å². The summed E-state index contributed by atoms with van der Waals surface area (Å²) in [5.41, 5.74) is 13.5. The molecule has 6 N–H and O–H groups in total. The quantitative estimate of drug-likeness (QED) is 0.501. The average Bonchev–Trinajstić information content (AvgIpc) is 2.83. The molecule has 1 aliphatic heterocycles. The normalized spacial score (nSPS) is 23.6. The highest BCUT2D eigenvalue weighted by Gasteiger charge is 2.29. The lowest BCUT2D eigenvalue weighted by Crippen LogP contribution is -2.38. The highest BCUT2D eigenvalue weighted by atomic mass is 35.5. The molecule has 1 heterocycles. The Bertz CT molecular complexity index is 1110. The minimum absolute atomic E-state index is 0.0103. The lowest BCUT2D eigenvalue weighted by Gasteiger charge is -2.31. The molecule has 2 atom stereocenters. The van der Waals surface area contributed by atoms with Crippen molar-refractivity contribution in [3.05, 3.63) is 70.0 Å². The molecule has 1 amide bonds. The van der Waals surface area contributed by atoms with Crippen LogP contribution in [0, 0.1) is 11.7 Å². The summed E-state index contributed by atoms with van der Waals surface area (Å²) in [5.74, 6) is -0.712. The highest BCUT2D eigenvalue weighted by Crippen LogP contribution is 2.29. The van der Waals surface area contributed by atoms with Gasteiger partial charge in [-0.15, -0.1) is 0 Å². The fraction of sp³-hybridized carbons (Fsp3) is 0.400. The van der Waals surface area contributed by atoms with Gasteiger partial charge < -0.3 is 21.9 Å². The van der Waals surface area contributed by atoms with Crippen LogP contribution in [0.5, 0.6) is 0 Å². The summed E-state index contributed by atoms with van der Waals surface area (Å²) < 4.78 is 15.0. The molecule has 2 aromatic carbocycles. The van der Waals surface area contributed by atoms with E-state index >= 15 is 4.39 Å². The third kappa shape index (κ3) is 5.46. The van der Waals surface area contributed by atoms with Gasteiger partial charge in [-0.25, -0.2) is 4.39 Å². The smallest absolute Gasteiger partial charge is 0.254 e. The minimum Gasteiger partial charge on any atom is -0.394 e. The number of amides is 1. The number of hydrogen-bond donors (Lipinski definition) is 4. The van der Waals surface area contributed by atoms with E-state index in [1.807, 2.05) is 0 Å². The Kier molecular flexibility index (Phi) is 7.60. The maximum atomic E-state index is 15.0. The number of carbonyl (C=O) groups is 1. The zero-order valence-corrected chi connectivity index (χ0v) is 19.5. The average molecular weight is 486 g/mol. The molecule has 1 unspecified atom stereocenters. The van der Waals surface area contributed by atoms with Gasteiger partial charge in [0.15, 0.2) is 0 Å². The second-order valence-corrected chi connectivity index (χ2v) is 9.34. The van der Waals surface area contributed by atoms with Crippen molar-refractivity contribution in [2.24, 2.45) is 27.4 Å². The molecule has 4 rings (SSSR count). The Labute approximate surface area is 203 Å². The van der Waals surface area contributed by atoms with E-state index in [2.05, 4.69) is 10.3 Å². The first-order valence-electron chi connectivity index (χ1n) is 11.5. The minimum atomic E-state index is -0.722. The number of nitrogens with two attached hydrogens (primary N) is 2. The number of carbonyl (C=O) groups excluding carboxylic acids is 1. The summed E-state index contributed by atoms with van der Waals surface area (Å²) >= 11 is 6.00. The van der Waals surface area contributed by atoms with Crippen molar-refractivity contribution in [2.45, 2.75) is 43.8 Å². The molecule has 0 bridgehead atoms. The molecule has 0 radical (unpaired) electrons. The summed E-state index contributed by atoms with van der Waals surface area (Å²) in [7, 11) is 0. The molecule has 2 aliphatic rings. The van der Waals surface area contributed by atoms with Crippen LogP contribution < -0.4 is 16.8 Å². The maximum Gasteiger partial charge on any atom is 0.254 e. The van der Waals surface area contributed by atoms with Gasteiger partial charge in [-0.1, -0.05) is 29.8 Å². The second-order valence-electron chi connectivity index (χ2n) is 8.90. The van der Waals surface area contributed by atoms with E-state index in [0.717, 1.165) is 25.7 Å². The van der Waals surface area contributed by atoms with Crippen LogP contribution in [0.15, 0.2) is 52.4 Å². The van der Waals surface area contributed by atoms with Gasteiger partial charge in [0.2, 0.25) is 0 Å². The van der Waals surface area contributed by atoms with Gasteiger partial charge in [0.05, 0.1) is 30.8 Å². The number of aliphatic hydroxyl groups excluding tert-OH is 1. The Morgan fingerprint density at radius 3 is 2.65 bits per heavy atom. The van der Waals surface area contributed by atoms with E-state index in [9.17, 15) is 9.90 Å². The number of rotatable bonds is 6. The fourth-order valence-corrected chi connectivity index (χ4v) is 4.79. The summed E-state index contributed by atoms with van der Waals surface area (Å²) in [4.78, 5) is 22.0. The van der Waals surface area contributed by atoms with Gasteiger partial charge >= 0.3 is 0 Å². The van der Waals surface area contributed by atoms with E-state index in [1.165, 1.54) is 12.1 Å². The van der Waals surface area contributed by atoms with Crippen molar-refractivity contribution in [3.8, 4) is 0 Å². The number of nitrogens with zero attached hydrogens (tertiary/aromatic N) is 2. The first kappa shape index (κ1) is 24.3. The molecule has 0 saturated heterocycles. The van der Waals surface area contributed by atoms with Crippen molar-refractivity contribution in [3.63, 3.8) is 0 Å². The van der Waals surface area contributed by atoms with Crippen LogP contribution in [0.25, 0.3) is 0 Å². The standard InChI is InChI=1S/C25H29ClFN5O2/c26-17-3-1-2-15(10-17)22(13-33)32-25(34)19-9-6-16(11-20(19)27)23-24(29)30-12-21(31-23)14-4-7-18(28)8-5-14/h1-3,6,9-11,14,18,21-22,33H,4-5,7-8,12-13,28H2,(H2,29,30)(H,32,34)/t14-,18+,21?,22-/m1/s1. The fourth-order valence-electron chi connectivity index (χ4n) is 4.59. The molecule has 9 heteroatoms. The summed E-state index contributed by atoms with van der Waals surface area (Å²) in [5, 5.41) is 12.9. The molecule has 0 aromatic heterocycles. The number of aliphatic hydroxyl groups is 1. The lowest BCUT2D eigenvalue weighted by atomic mass is 9.81. The van der Waals surface area contributed by atoms with Crippen molar-refractivity contribution < 1.29 is 14.3 Å². The molecule has 1 aliphatic carbocycles. The summed E-state index contributed by atoms with van der Waals surface area (Å²) in [6.45, 7) is 0.160. The molecule has 1 saturated carbocycles. The Hall–Kier alpha value is -2.81. The molecule has 180 valence electrons. The molecule has 2 aromatic rings. The Morgan fingerprint density at radius 1 is 1.21 bits per heavy atom. The van der Waals surface area contributed by atoms with Gasteiger partial charge in [0, 0.05) is 16.6 Å². The predicted octanol–water partition coefficient (Wildman–Crippen LogP) is 2.99. The van der Waals surface area contributed by atoms with Crippen molar-refractivity contribution in [1.29, 1.82) is 0 Å². The number of benzene rings is 2. The number of halogens is 2. The van der Waals surface area contributed by atoms with Crippen LogP contribution in [0.4, 0.5) is 4.39 Å². The first-order valence-corrected chi connectivity index (χ1v) is 11.8. The second kappa shape index (κ2) is 10.6. The van der Waals surface area contributed by atoms with Gasteiger partial charge in [-0.05, 0) is 61.4 Å². The Morgan fingerprint density at radius 2 is 1.97 bits per heavy atom. The summed E-state index contributed by atoms with van der Waals surface area (Å²) in [6, 6.07) is 10.6. The third-order valence-electron chi connectivity index (χ3n) is 6.57. The van der Waals surface area contributed by atoms with Crippen molar-refractivity contribution in [2.75, 3.05) is 13.2 Å². The van der Waals surface area contributed by atoms with Crippen LogP contribution in [-0.4, -0.2) is 47.8 Å². The molecule has 1 fully saturated rings. The number of aliphatic imine (C=N–C) groups is 2. The van der Waals surface area contributed by atoms with Gasteiger partial charge in [-0.2, -0.15) is 0 Å². The van der Waals surface area contributed by atoms with Crippen LogP contribution >= 0.6 is 11.6 Å². The van der Waals surface area contributed by atoms with Crippen LogP contribution in [0.3, 0.4) is 0 Å². The predicted molar refractivity (Wildman–Crippen MR) is 132 cm³/mol. The first-order chi connectivity index (χ1) is 16.4. The molecule has 34 heavy (non-hydrogen) atoms. The van der Waals surface area contributed by atoms with Crippen molar-refractivity contribution >= 4 is 29.1 Å². The van der Waals surface area contributed by atoms with E-state index < -0.39 is 17.8 Å². The van der Waals surface area contributed by atoms with E-state index in [4.69, 9.17) is 28.1 Å². The maximum absolute atomic E-state index is 15.0. The van der Waals surface area contributed by atoms with Gasteiger partial charge in [0.25, 0.3) is 5.91 Å². The van der Waals surface area contributed by atoms with Crippen molar-refractivity contribution in [1.82, 2.24) is 5.32 Å². The zero-order chi connectivity index (χ0) is 24.2. The zero-order valence-electron chi connectivity index (χ0n) is 18.8. The molecule has 7 nitrogen and oxygen atoms in total. The SMILES string of the molecule is NC1=NCC([C@H]2CC[C@@H](N)CC2)N=C1c1ccc(C(=O)N[C@H](CO)c2cccc(Cl)c2)c(F)c1. The number of nitrogens with one attached hydrogen (secondary N) is 1. The number of amidine groups is 1. The van der Waals surface area contributed by atoms with Crippen LogP contribution in [-0.2, 0) is 0 Å². The van der Waals surface area contributed by atoms with Gasteiger partial charge in [0.1, 0.15) is 17.4 Å².